The Morgan fingerprint density at radius 2 is 1.87 bits per heavy atom. The van der Waals surface area contributed by atoms with Crippen LogP contribution in [0.15, 0.2) is 57.9 Å². The predicted molar refractivity (Wildman–Crippen MR) is 131 cm³/mol. The molecule has 0 aromatic heterocycles. The molecule has 0 aliphatic carbocycles. The van der Waals surface area contributed by atoms with Crippen molar-refractivity contribution in [1.82, 2.24) is 4.90 Å². The fourth-order valence-corrected chi connectivity index (χ4v) is 5.31. The summed E-state index contributed by atoms with van der Waals surface area (Å²) in [4.78, 5) is 42.3. The molecular weight excluding hydrogens is 498 g/mol. The number of hydrogen-bond donors (Lipinski definition) is 1. The maximum absolute atomic E-state index is 13.4. The topological polar surface area (TPSA) is 69.7 Å². The lowest BCUT2D eigenvalue weighted by atomic mass is 10.1. The number of thioether (sulfide) groups is 1. The van der Waals surface area contributed by atoms with Crippen LogP contribution < -0.4 is 10.2 Å². The van der Waals surface area contributed by atoms with Crippen molar-refractivity contribution in [1.29, 1.82) is 0 Å². The van der Waals surface area contributed by atoms with E-state index in [0.717, 1.165) is 22.7 Å². The van der Waals surface area contributed by atoms with Crippen LogP contribution in [0.2, 0.25) is 0 Å². The first-order valence-corrected chi connectivity index (χ1v) is 11.7. The molecule has 31 heavy (non-hydrogen) atoms. The number of carbonyl (C=O) groups is 3. The summed E-state index contributed by atoms with van der Waals surface area (Å²) >= 11 is 9.87. The van der Waals surface area contributed by atoms with E-state index in [4.69, 9.17) is 12.2 Å². The van der Waals surface area contributed by atoms with E-state index in [9.17, 15) is 14.4 Å². The number of anilines is 2. The summed E-state index contributed by atoms with van der Waals surface area (Å²) in [7, 11) is 0. The second-order valence-electron chi connectivity index (χ2n) is 7.00. The summed E-state index contributed by atoms with van der Waals surface area (Å²) in [6.45, 7) is 2.31. The van der Waals surface area contributed by atoms with Gasteiger partial charge < -0.3 is 5.32 Å². The molecule has 0 bridgehead atoms. The zero-order valence-electron chi connectivity index (χ0n) is 16.6. The SMILES string of the molecule is CCCN1C(=O)/C(=C2/C(=O)N(CC(=O)Nc3cccc(Br)c3)c3ccccc32)SC1=S. The quantitative estimate of drug-likeness (QED) is 0.471. The van der Waals surface area contributed by atoms with Crippen LogP contribution in [-0.2, 0) is 14.4 Å². The number of halogens is 1. The number of benzene rings is 2. The van der Waals surface area contributed by atoms with Crippen LogP contribution in [-0.4, -0.2) is 40.0 Å². The highest BCUT2D eigenvalue weighted by Crippen LogP contribution is 2.44. The number of amides is 3. The lowest BCUT2D eigenvalue weighted by Crippen LogP contribution is -2.35. The summed E-state index contributed by atoms with van der Waals surface area (Å²) in [5.41, 5.74) is 2.18. The van der Waals surface area contributed by atoms with E-state index in [1.165, 1.54) is 9.80 Å². The molecule has 6 nitrogen and oxygen atoms in total. The van der Waals surface area contributed by atoms with Crippen LogP contribution in [0.1, 0.15) is 18.9 Å². The van der Waals surface area contributed by atoms with E-state index < -0.39 is 0 Å². The molecule has 3 amide bonds. The Bertz CT molecular complexity index is 1150. The molecule has 2 aromatic rings. The van der Waals surface area contributed by atoms with Crippen molar-refractivity contribution in [3.8, 4) is 0 Å². The average molecular weight is 516 g/mol. The molecule has 0 unspecified atom stereocenters. The Balaban J connectivity index is 1.65. The maximum Gasteiger partial charge on any atom is 0.267 e. The van der Waals surface area contributed by atoms with Crippen LogP contribution in [0.5, 0.6) is 0 Å². The van der Waals surface area contributed by atoms with E-state index in [1.807, 2.05) is 25.1 Å². The molecule has 2 aliphatic rings. The summed E-state index contributed by atoms with van der Waals surface area (Å²) in [5.74, 6) is -0.959. The van der Waals surface area contributed by atoms with Gasteiger partial charge >= 0.3 is 0 Å². The summed E-state index contributed by atoms with van der Waals surface area (Å²) in [5, 5.41) is 2.80. The van der Waals surface area contributed by atoms with Gasteiger partial charge in [0.2, 0.25) is 5.91 Å². The van der Waals surface area contributed by atoms with E-state index in [0.29, 0.717) is 38.3 Å². The fraction of sp³-hybridized carbons (Fsp3) is 0.182. The highest BCUT2D eigenvalue weighted by Gasteiger charge is 2.42. The van der Waals surface area contributed by atoms with Crippen LogP contribution >= 0.6 is 39.9 Å². The number of nitrogens with zero attached hydrogens (tertiary/aromatic N) is 2. The average Bonchev–Trinajstić information content (AvgIpc) is 3.16. The summed E-state index contributed by atoms with van der Waals surface area (Å²) in [6, 6.07) is 14.4. The second kappa shape index (κ2) is 8.94. The standard InChI is InChI=1S/C22H18BrN3O3S2/c1-2-10-25-21(29)19(31-22(25)30)18-15-8-3-4-9-16(15)26(20(18)28)12-17(27)24-14-7-5-6-13(23)11-14/h3-9,11H,2,10,12H2,1H3,(H,24,27)/b19-18-. The Hall–Kier alpha value is -2.49. The molecule has 0 spiro atoms. The van der Waals surface area contributed by atoms with Gasteiger partial charge in [0.15, 0.2) is 0 Å². The van der Waals surface area contributed by atoms with Gasteiger partial charge in [-0.2, -0.15) is 0 Å². The fourth-order valence-electron chi connectivity index (χ4n) is 3.53. The number of thiocarbonyl (C=S) groups is 1. The first kappa shape index (κ1) is 21.7. The van der Waals surface area contributed by atoms with Crippen LogP contribution in [0.25, 0.3) is 5.57 Å². The van der Waals surface area contributed by atoms with E-state index >= 15 is 0 Å². The molecule has 4 rings (SSSR count). The minimum Gasteiger partial charge on any atom is -0.324 e. The van der Waals surface area contributed by atoms with Crippen molar-refractivity contribution in [3.63, 3.8) is 0 Å². The molecule has 2 aromatic carbocycles. The van der Waals surface area contributed by atoms with Crippen molar-refractivity contribution in [3.05, 3.63) is 63.5 Å². The van der Waals surface area contributed by atoms with Gasteiger partial charge in [0.05, 0.1) is 16.2 Å². The molecular formula is C22H18BrN3O3S2. The highest BCUT2D eigenvalue weighted by atomic mass is 79.9. The van der Waals surface area contributed by atoms with E-state index in [1.54, 1.807) is 30.3 Å². The molecule has 2 heterocycles. The van der Waals surface area contributed by atoms with Gasteiger partial charge in [-0.3, -0.25) is 24.2 Å². The van der Waals surface area contributed by atoms with Crippen molar-refractivity contribution >= 4 is 78.9 Å². The van der Waals surface area contributed by atoms with Crippen LogP contribution in [0.4, 0.5) is 11.4 Å². The number of carbonyl (C=O) groups excluding carboxylic acids is 3. The molecule has 1 N–H and O–H groups in total. The third kappa shape index (κ3) is 4.17. The van der Waals surface area contributed by atoms with Gasteiger partial charge in [-0.15, -0.1) is 0 Å². The van der Waals surface area contributed by atoms with Gasteiger partial charge in [-0.1, -0.05) is 71.1 Å². The van der Waals surface area contributed by atoms with Crippen molar-refractivity contribution in [2.45, 2.75) is 13.3 Å². The third-order valence-corrected chi connectivity index (χ3v) is 6.80. The second-order valence-corrected chi connectivity index (χ2v) is 9.56. The van der Waals surface area contributed by atoms with Gasteiger partial charge in [0, 0.05) is 22.3 Å². The third-order valence-electron chi connectivity index (χ3n) is 4.86. The molecule has 0 radical (unpaired) electrons. The first-order valence-electron chi connectivity index (χ1n) is 9.65. The summed E-state index contributed by atoms with van der Waals surface area (Å²) in [6.07, 6.45) is 0.765. The molecule has 0 atom stereocenters. The Kier molecular flexibility index (Phi) is 6.27. The lowest BCUT2D eigenvalue weighted by Gasteiger charge is -2.17. The van der Waals surface area contributed by atoms with Gasteiger partial charge in [0.25, 0.3) is 11.8 Å². The van der Waals surface area contributed by atoms with Crippen molar-refractivity contribution in [2.24, 2.45) is 0 Å². The number of rotatable bonds is 5. The first-order chi connectivity index (χ1) is 14.9. The zero-order chi connectivity index (χ0) is 22.1. The maximum atomic E-state index is 13.4. The van der Waals surface area contributed by atoms with E-state index in [2.05, 4.69) is 21.2 Å². The molecule has 1 saturated heterocycles. The number of para-hydroxylation sites is 1. The molecule has 2 aliphatic heterocycles. The molecule has 9 heteroatoms. The van der Waals surface area contributed by atoms with Crippen molar-refractivity contribution < 1.29 is 14.4 Å². The molecule has 158 valence electrons. The van der Waals surface area contributed by atoms with Crippen molar-refractivity contribution in [2.75, 3.05) is 23.3 Å². The van der Waals surface area contributed by atoms with Gasteiger partial charge in [-0.05, 0) is 30.7 Å². The lowest BCUT2D eigenvalue weighted by molar-refractivity contribution is -0.122. The minimum absolute atomic E-state index is 0.166. The van der Waals surface area contributed by atoms with Gasteiger partial charge in [0.1, 0.15) is 10.9 Å². The number of hydrogen-bond acceptors (Lipinski definition) is 5. The molecule has 0 saturated carbocycles. The zero-order valence-corrected chi connectivity index (χ0v) is 19.8. The normalized spacial score (nSPS) is 18.1. The van der Waals surface area contributed by atoms with Gasteiger partial charge in [-0.25, -0.2) is 0 Å². The molecule has 1 fully saturated rings. The largest absolute Gasteiger partial charge is 0.324 e. The van der Waals surface area contributed by atoms with E-state index in [-0.39, 0.29) is 24.3 Å². The number of nitrogens with one attached hydrogen (secondary N) is 1. The number of fused-ring (bicyclic) bond motifs is 1. The minimum atomic E-state index is -0.373. The Morgan fingerprint density at radius 1 is 1.10 bits per heavy atom. The Morgan fingerprint density at radius 3 is 2.61 bits per heavy atom. The van der Waals surface area contributed by atoms with Crippen LogP contribution in [0.3, 0.4) is 0 Å². The highest BCUT2D eigenvalue weighted by molar-refractivity contribution is 9.10. The monoisotopic (exact) mass is 515 g/mol. The van der Waals surface area contributed by atoms with Crippen LogP contribution in [0, 0.1) is 0 Å². The smallest absolute Gasteiger partial charge is 0.267 e. The Labute approximate surface area is 197 Å². The predicted octanol–water partition coefficient (Wildman–Crippen LogP) is 4.42. The summed E-state index contributed by atoms with van der Waals surface area (Å²) < 4.78 is 1.29.